The summed E-state index contributed by atoms with van der Waals surface area (Å²) in [6.07, 6.45) is 5.71. The van der Waals surface area contributed by atoms with Crippen LogP contribution in [0.25, 0.3) is 0 Å². The molecule has 0 aromatic rings. The van der Waals surface area contributed by atoms with E-state index in [4.69, 9.17) is 9.05 Å². The minimum Gasteiger partial charge on any atom is -0.119 e. The van der Waals surface area contributed by atoms with Crippen LogP contribution in [0.3, 0.4) is 0 Å². The predicted octanol–water partition coefficient (Wildman–Crippen LogP) is 5.03. The summed E-state index contributed by atoms with van der Waals surface area (Å²) in [7, 11) is -1.85. The molecule has 0 aromatic carbocycles. The summed E-state index contributed by atoms with van der Waals surface area (Å²) in [5.41, 5.74) is 1.02. The van der Waals surface area contributed by atoms with Crippen LogP contribution < -0.4 is 0 Å². The molecule has 0 rings (SSSR count). The SMILES string of the molecule is C=CC(=C)C.CCCCO[P+](=O)OCCCC. The van der Waals surface area contributed by atoms with Gasteiger partial charge in [-0.3, -0.25) is 0 Å². The molecule has 4 heteroatoms. The van der Waals surface area contributed by atoms with Crippen molar-refractivity contribution in [3.63, 3.8) is 0 Å². The molecule has 100 valence electrons. The van der Waals surface area contributed by atoms with Crippen molar-refractivity contribution in [2.45, 2.75) is 46.5 Å². The number of rotatable bonds is 9. The van der Waals surface area contributed by atoms with E-state index in [9.17, 15) is 4.57 Å². The summed E-state index contributed by atoms with van der Waals surface area (Å²) in [5, 5.41) is 0. The fraction of sp³-hybridized carbons (Fsp3) is 0.692. The Kier molecular flexibility index (Phi) is 17.2. The smallest absolute Gasteiger partial charge is 0.119 e. The van der Waals surface area contributed by atoms with Crippen LogP contribution in [-0.2, 0) is 13.6 Å². The first-order chi connectivity index (χ1) is 8.08. The Balaban J connectivity index is 0. The molecule has 0 radical (unpaired) electrons. The Bertz CT molecular complexity index is 203. The van der Waals surface area contributed by atoms with Gasteiger partial charge in [0.25, 0.3) is 0 Å². The van der Waals surface area contributed by atoms with Gasteiger partial charge < -0.3 is 0 Å². The highest BCUT2D eigenvalue weighted by atomic mass is 31.1. The van der Waals surface area contributed by atoms with Gasteiger partial charge in [-0.1, -0.05) is 51.5 Å². The number of hydrogen-bond donors (Lipinski definition) is 0. The van der Waals surface area contributed by atoms with Gasteiger partial charge in [0.15, 0.2) is 0 Å². The van der Waals surface area contributed by atoms with E-state index >= 15 is 0 Å². The third-order valence-electron chi connectivity index (χ3n) is 1.74. The van der Waals surface area contributed by atoms with E-state index < -0.39 is 8.25 Å². The Morgan fingerprint density at radius 3 is 1.76 bits per heavy atom. The first-order valence-corrected chi connectivity index (χ1v) is 7.19. The summed E-state index contributed by atoms with van der Waals surface area (Å²) in [4.78, 5) is 0. The second-order valence-corrected chi connectivity index (χ2v) is 4.61. The van der Waals surface area contributed by atoms with Crippen molar-refractivity contribution in [1.82, 2.24) is 0 Å². The first-order valence-electron chi connectivity index (χ1n) is 6.09. The fourth-order valence-corrected chi connectivity index (χ4v) is 1.23. The molecule has 17 heavy (non-hydrogen) atoms. The number of allylic oxidation sites excluding steroid dienone is 2. The third kappa shape index (κ3) is 21.4. The number of hydrogen-bond acceptors (Lipinski definition) is 3. The quantitative estimate of drug-likeness (QED) is 0.332. The van der Waals surface area contributed by atoms with Crippen molar-refractivity contribution in [1.29, 1.82) is 0 Å². The van der Waals surface area contributed by atoms with Crippen LogP contribution in [0.4, 0.5) is 0 Å². The Morgan fingerprint density at radius 1 is 1.18 bits per heavy atom. The van der Waals surface area contributed by atoms with Crippen LogP contribution in [0.1, 0.15) is 46.5 Å². The molecule has 0 amide bonds. The molecule has 0 atom stereocenters. The van der Waals surface area contributed by atoms with Gasteiger partial charge in [-0.15, -0.1) is 9.05 Å². The molecule has 0 unspecified atom stereocenters. The average molecular weight is 261 g/mol. The highest BCUT2D eigenvalue weighted by Crippen LogP contribution is 2.24. The Labute approximate surface area is 107 Å². The van der Waals surface area contributed by atoms with Gasteiger partial charge in [-0.05, 0) is 19.8 Å². The van der Waals surface area contributed by atoms with Gasteiger partial charge in [0.05, 0.1) is 0 Å². The summed E-state index contributed by atoms with van der Waals surface area (Å²) in [6.45, 7) is 14.1. The second kappa shape index (κ2) is 15.5. The topological polar surface area (TPSA) is 35.5 Å². The van der Waals surface area contributed by atoms with E-state index in [0.29, 0.717) is 13.2 Å². The minimum atomic E-state index is -1.85. The molecule has 0 N–H and O–H groups in total. The summed E-state index contributed by atoms with van der Waals surface area (Å²) < 4.78 is 20.7. The summed E-state index contributed by atoms with van der Waals surface area (Å²) >= 11 is 0. The van der Waals surface area contributed by atoms with Crippen LogP contribution in [0.5, 0.6) is 0 Å². The van der Waals surface area contributed by atoms with Gasteiger partial charge in [0, 0.05) is 4.57 Å². The molecular weight excluding hydrogens is 235 g/mol. The molecule has 0 aliphatic carbocycles. The van der Waals surface area contributed by atoms with Crippen LogP contribution >= 0.6 is 8.25 Å². The van der Waals surface area contributed by atoms with Gasteiger partial charge >= 0.3 is 8.25 Å². The van der Waals surface area contributed by atoms with Crippen molar-refractivity contribution in [3.8, 4) is 0 Å². The van der Waals surface area contributed by atoms with Crippen molar-refractivity contribution >= 4 is 8.25 Å². The number of unbranched alkanes of at least 4 members (excludes halogenated alkanes) is 2. The van der Waals surface area contributed by atoms with E-state index in [1.54, 1.807) is 6.08 Å². The van der Waals surface area contributed by atoms with Gasteiger partial charge in [-0.25, -0.2) is 0 Å². The van der Waals surface area contributed by atoms with Crippen LogP contribution in [0.15, 0.2) is 24.8 Å². The fourth-order valence-electron chi connectivity index (χ4n) is 0.604. The maximum Gasteiger partial charge on any atom is 0.697 e. The van der Waals surface area contributed by atoms with Gasteiger partial charge in [0.1, 0.15) is 13.2 Å². The van der Waals surface area contributed by atoms with Gasteiger partial charge in [0.2, 0.25) is 0 Å². The molecule has 0 aliphatic rings. The van der Waals surface area contributed by atoms with Crippen molar-refractivity contribution in [2.75, 3.05) is 13.2 Å². The third-order valence-corrected chi connectivity index (χ3v) is 2.52. The molecule has 0 bridgehead atoms. The van der Waals surface area contributed by atoms with E-state index in [0.717, 1.165) is 31.3 Å². The molecule has 0 aromatic heterocycles. The highest BCUT2D eigenvalue weighted by molar-refractivity contribution is 7.33. The molecule has 0 fully saturated rings. The normalized spacial score (nSPS) is 9.12. The van der Waals surface area contributed by atoms with Crippen molar-refractivity contribution < 1.29 is 13.6 Å². The van der Waals surface area contributed by atoms with E-state index in [2.05, 4.69) is 27.0 Å². The first kappa shape index (κ1) is 18.9. The highest BCUT2D eigenvalue weighted by Gasteiger charge is 2.18. The molecule has 0 spiro atoms. The monoisotopic (exact) mass is 261 g/mol. The van der Waals surface area contributed by atoms with Crippen LogP contribution in [0, 0.1) is 0 Å². The van der Waals surface area contributed by atoms with Gasteiger partial charge in [-0.2, -0.15) is 0 Å². The predicted molar refractivity (Wildman–Crippen MR) is 74.3 cm³/mol. The summed E-state index contributed by atoms with van der Waals surface area (Å²) in [5.74, 6) is 0. The van der Waals surface area contributed by atoms with Crippen molar-refractivity contribution in [2.24, 2.45) is 0 Å². The standard InChI is InChI=1S/C8H18O3P.C5H8/c1-3-5-7-10-12(9)11-8-6-4-2;1-4-5(2)3/h3-8H2,1-2H3;4H,1-2H2,3H3/q+1;. The van der Waals surface area contributed by atoms with E-state index in [-0.39, 0.29) is 0 Å². The molecular formula is C13H26O3P+. The Morgan fingerprint density at radius 2 is 1.53 bits per heavy atom. The largest absolute Gasteiger partial charge is 0.697 e. The molecule has 0 heterocycles. The molecule has 3 nitrogen and oxygen atoms in total. The Hall–Kier alpha value is -0.500. The lowest BCUT2D eigenvalue weighted by Gasteiger charge is -1.89. The zero-order valence-corrected chi connectivity index (χ0v) is 12.3. The molecule has 0 aliphatic heterocycles. The van der Waals surface area contributed by atoms with E-state index in [1.165, 1.54) is 0 Å². The average Bonchev–Trinajstić information content (AvgIpc) is 2.30. The van der Waals surface area contributed by atoms with E-state index in [1.807, 2.05) is 6.92 Å². The minimum absolute atomic E-state index is 0.540. The summed E-state index contributed by atoms with van der Waals surface area (Å²) in [6, 6.07) is 0. The molecule has 0 saturated carbocycles. The van der Waals surface area contributed by atoms with Crippen LogP contribution in [0.2, 0.25) is 0 Å². The van der Waals surface area contributed by atoms with Crippen molar-refractivity contribution in [3.05, 3.63) is 24.8 Å². The zero-order chi connectivity index (χ0) is 13.5. The lowest BCUT2D eigenvalue weighted by molar-refractivity contribution is 0.221. The zero-order valence-electron chi connectivity index (χ0n) is 11.4. The molecule has 0 saturated heterocycles. The van der Waals surface area contributed by atoms with Crippen LogP contribution in [-0.4, -0.2) is 13.2 Å². The maximum absolute atomic E-state index is 10.9. The second-order valence-electron chi connectivity index (χ2n) is 3.65. The lowest BCUT2D eigenvalue weighted by atomic mass is 10.4. The maximum atomic E-state index is 10.9. The lowest BCUT2D eigenvalue weighted by Crippen LogP contribution is -1.90.